The van der Waals surface area contributed by atoms with E-state index in [-0.39, 0.29) is 41.6 Å². The number of imide groups is 2. The summed E-state index contributed by atoms with van der Waals surface area (Å²) < 4.78 is 0. The van der Waals surface area contributed by atoms with Crippen LogP contribution in [-0.4, -0.2) is 46.5 Å². The highest BCUT2D eigenvalue weighted by Crippen LogP contribution is 2.30. The van der Waals surface area contributed by atoms with Crippen molar-refractivity contribution in [3.63, 3.8) is 0 Å². The van der Waals surface area contributed by atoms with E-state index < -0.39 is 29.7 Å². The Kier molecular flexibility index (Phi) is 4.12. The zero-order chi connectivity index (χ0) is 19.0. The second-order valence-corrected chi connectivity index (χ2v) is 5.68. The monoisotopic (exact) mass is 357 g/mol. The van der Waals surface area contributed by atoms with E-state index in [1.807, 2.05) is 0 Å². The smallest absolute Gasteiger partial charge is 0.262 e. The molecule has 1 saturated heterocycles. The molecule has 2 heterocycles. The maximum atomic E-state index is 12.6. The van der Waals surface area contributed by atoms with E-state index in [9.17, 15) is 19.2 Å². The Bertz CT molecular complexity index is 901. The van der Waals surface area contributed by atoms with Crippen molar-refractivity contribution >= 4 is 41.2 Å². The Hall–Kier alpha value is -3.76. The maximum Gasteiger partial charge on any atom is 0.262 e. The van der Waals surface area contributed by atoms with Crippen LogP contribution < -0.4 is 22.5 Å². The van der Waals surface area contributed by atoms with Gasteiger partial charge in [0.2, 0.25) is 17.8 Å². The molecular formula is C15H15N7O4. The topological polar surface area (TPSA) is 186 Å². The van der Waals surface area contributed by atoms with Crippen LogP contribution in [0.25, 0.3) is 0 Å². The minimum absolute atomic E-state index is 0.0500. The van der Waals surface area contributed by atoms with Crippen molar-refractivity contribution in [1.29, 1.82) is 0 Å². The van der Waals surface area contributed by atoms with E-state index in [1.165, 1.54) is 18.2 Å². The number of guanidine groups is 2. The van der Waals surface area contributed by atoms with Crippen LogP contribution >= 0.6 is 0 Å². The van der Waals surface area contributed by atoms with E-state index in [0.29, 0.717) is 0 Å². The molecule has 11 heteroatoms. The number of rotatable bonds is 2. The lowest BCUT2D eigenvalue weighted by Gasteiger charge is -2.27. The van der Waals surface area contributed by atoms with Crippen LogP contribution in [0.5, 0.6) is 0 Å². The Labute approximate surface area is 146 Å². The van der Waals surface area contributed by atoms with Crippen molar-refractivity contribution in [1.82, 2.24) is 10.2 Å². The number of benzene rings is 1. The summed E-state index contributed by atoms with van der Waals surface area (Å²) in [6.45, 7) is 0. The van der Waals surface area contributed by atoms with Crippen LogP contribution in [0, 0.1) is 0 Å². The molecule has 7 N–H and O–H groups in total. The first-order chi connectivity index (χ1) is 12.3. The number of amides is 4. The van der Waals surface area contributed by atoms with E-state index >= 15 is 0 Å². The molecule has 4 amide bonds. The fourth-order valence-corrected chi connectivity index (χ4v) is 2.82. The van der Waals surface area contributed by atoms with Gasteiger partial charge in [-0.25, -0.2) is 4.99 Å². The Balaban J connectivity index is 1.92. The van der Waals surface area contributed by atoms with Gasteiger partial charge >= 0.3 is 0 Å². The zero-order valence-corrected chi connectivity index (χ0v) is 13.4. The van der Waals surface area contributed by atoms with Gasteiger partial charge in [-0.1, -0.05) is 0 Å². The van der Waals surface area contributed by atoms with Crippen molar-refractivity contribution < 1.29 is 19.2 Å². The Morgan fingerprint density at radius 1 is 1.08 bits per heavy atom. The maximum absolute atomic E-state index is 12.6. The summed E-state index contributed by atoms with van der Waals surface area (Å²) in [6.07, 6.45) is 0.132. The van der Waals surface area contributed by atoms with Crippen molar-refractivity contribution in [3.05, 3.63) is 29.3 Å². The number of carbonyl (C=O) groups is 4. The van der Waals surface area contributed by atoms with Gasteiger partial charge in [-0.2, -0.15) is 4.99 Å². The predicted octanol–water partition coefficient (Wildman–Crippen LogP) is -1.69. The number of hydrogen-bond acceptors (Lipinski definition) is 5. The van der Waals surface area contributed by atoms with Crippen molar-refractivity contribution in [3.8, 4) is 0 Å². The number of carbonyl (C=O) groups excluding carboxylic acids is 4. The number of fused-ring (bicyclic) bond motifs is 1. The SMILES string of the molecule is NC(N)=NC(N)=Nc1ccc2c(c1)C(=O)N(C1CCC(=O)NC1=O)C2=O. The molecule has 0 aromatic heterocycles. The molecule has 1 aromatic carbocycles. The average molecular weight is 357 g/mol. The molecule has 0 bridgehead atoms. The van der Waals surface area contributed by atoms with Crippen LogP contribution in [0.2, 0.25) is 0 Å². The lowest BCUT2D eigenvalue weighted by molar-refractivity contribution is -0.136. The lowest BCUT2D eigenvalue weighted by Crippen LogP contribution is -2.54. The summed E-state index contributed by atoms with van der Waals surface area (Å²) >= 11 is 0. The lowest BCUT2D eigenvalue weighted by atomic mass is 10.0. The van der Waals surface area contributed by atoms with Gasteiger partial charge in [0.25, 0.3) is 11.8 Å². The minimum Gasteiger partial charge on any atom is -0.370 e. The van der Waals surface area contributed by atoms with Gasteiger partial charge in [-0.3, -0.25) is 29.4 Å². The standard InChI is InChI=1S/C15H15N7O4/c16-14(17)21-15(18)19-6-1-2-7-8(5-6)13(26)22(12(7)25)9-3-4-10(23)20-11(9)24/h1-2,5,9H,3-4H2,(H,20,23,24)(H6,16,17,18,19,21). The summed E-state index contributed by atoms with van der Waals surface area (Å²) in [5.41, 5.74) is 16.4. The molecule has 134 valence electrons. The fourth-order valence-electron chi connectivity index (χ4n) is 2.82. The Morgan fingerprint density at radius 2 is 1.77 bits per heavy atom. The molecule has 1 atom stereocenters. The number of aliphatic imine (C=N–C) groups is 2. The van der Waals surface area contributed by atoms with Gasteiger partial charge in [0.05, 0.1) is 16.8 Å². The van der Waals surface area contributed by atoms with Gasteiger partial charge in [0.15, 0.2) is 5.96 Å². The fraction of sp³-hybridized carbons (Fsp3) is 0.200. The van der Waals surface area contributed by atoms with Gasteiger partial charge in [-0.15, -0.1) is 0 Å². The molecule has 1 aromatic rings. The highest BCUT2D eigenvalue weighted by atomic mass is 16.2. The molecule has 2 aliphatic heterocycles. The second kappa shape index (κ2) is 6.27. The third-order valence-corrected chi connectivity index (χ3v) is 3.91. The number of hydrogen-bond donors (Lipinski definition) is 4. The molecule has 0 radical (unpaired) electrons. The third-order valence-electron chi connectivity index (χ3n) is 3.91. The first-order valence-corrected chi connectivity index (χ1v) is 7.57. The van der Waals surface area contributed by atoms with Gasteiger partial charge in [0.1, 0.15) is 6.04 Å². The second-order valence-electron chi connectivity index (χ2n) is 5.68. The Morgan fingerprint density at radius 3 is 2.42 bits per heavy atom. The molecule has 26 heavy (non-hydrogen) atoms. The molecule has 2 aliphatic rings. The van der Waals surface area contributed by atoms with Crippen LogP contribution in [0.1, 0.15) is 33.6 Å². The molecule has 0 aliphatic carbocycles. The first kappa shape index (κ1) is 17.1. The van der Waals surface area contributed by atoms with Crippen LogP contribution in [0.15, 0.2) is 28.2 Å². The summed E-state index contributed by atoms with van der Waals surface area (Å²) in [5, 5.41) is 2.13. The summed E-state index contributed by atoms with van der Waals surface area (Å²) in [7, 11) is 0. The number of nitrogens with one attached hydrogen (secondary N) is 1. The molecule has 0 spiro atoms. The molecular weight excluding hydrogens is 342 g/mol. The largest absolute Gasteiger partial charge is 0.370 e. The van der Waals surface area contributed by atoms with Gasteiger partial charge < -0.3 is 17.2 Å². The highest BCUT2D eigenvalue weighted by Gasteiger charge is 2.44. The highest BCUT2D eigenvalue weighted by molar-refractivity contribution is 6.23. The first-order valence-electron chi connectivity index (χ1n) is 7.57. The van der Waals surface area contributed by atoms with Crippen LogP contribution in [0.4, 0.5) is 5.69 Å². The quantitative estimate of drug-likeness (QED) is 0.276. The van der Waals surface area contributed by atoms with Crippen LogP contribution in [-0.2, 0) is 9.59 Å². The van der Waals surface area contributed by atoms with Crippen molar-refractivity contribution in [2.24, 2.45) is 27.2 Å². The normalized spacial score (nSPS) is 20.1. The average Bonchev–Trinajstić information content (AvgIpc) is 2.78. The number of piperidine rings is 1. The van der Waals surface area contributed by atoms with E-state index in [2.05, 4.69) is 15.3 Å². The molecule has 3 rings (SSSR count). The van der Waals surface area contributed by atoms with E-state index in [4.69, 9.17) is 17.2 Å². The van der Waals surface area contributed by atoms with Gasteiger partial charge in [0, 0.05) is 6.42 Å². The number of nitrogens with two attached hydrogens (primary N) is 3. The third kappa shape index (κ3) is 2.97. The summed E-state index contributed by atoms with van der Waals surface area (Å²) in [5.74, 6) is -2.85. The molecule has 1 fully saturated rings. The molecule has 0 saturated carbocycles. The van der Waals surface area contributed by atoms with E-state index in [0.717, 1.165) is 4.90 Å². The van der Waals surface area contributed by atoms with Crippen molar-refractivity contribution in [2.45, 2.75) is 18.9 Å². The number of nitrogens with zero attached hydrogens (tertiary/aromatic N) is 3. The predicted molar refractivity (Wildman–Crippen MR) is 90.2 cm³/mol. The van der Waals surface area contributed by atoms with E-state index in [1.54, 1.807) is 0 Å². The molecule has 11 nitrogen and oxygen atoms in total. The zero-order valence-electron chi connectivity index (χ0n) is 13.4. The van der Waals surface area contributed by atoms with Crippen molar-refractivity contribution in [2.75, 3.05) is 0 Å². The summed E-state index contributed by atoms with van der Waals surface area (Å²) in [6, 6.07) is 3.20. The summed E-state index contributed by atoms with van der Waals surface area (Å²) in [4.78, 5) is 56.8. The minimum atomic E-state index is -1.03. The molecule has 1 unspecified atom stereocenters. The van der Waals surface area contributed by atoms with Crippen LogP contribution in [0.3, 0.4) is 0 Å². The van der Waals surface area contributed by atoms with Gasteiger partial charge in [-0.05, 0) is 24.6 Å².